The Kier molecular flexibility index (Phi) is 4.57. The van der Waals surface area contributed by atoms with Crippen LogP contribution in [-0.2, 0) is 9.47 Å². The summed E-state index contributed by atoms with van der Waals surface area (Å²) in [6.45, 7) is 7.62. The number of amides is 1. The predicted octanol–water partition coefficient (Wildman–Crippen LogP) is 1.51. The van der Waals surface area contributed by atoms with E-state index in [4.69, 9.17) is 9.47 Å². The molecule has 0 N–H and O–H groups in total. The second kappa shape index (κ2) is 6.22. The Morgan fingerprint density at radius 1 is 1.24 bits per heavy atom. The fraction of sp³-hybridized carbons (Fsp3) is 0.533. The molecule has 0 unspecified atom stereocenters. The highest BCUT2D eigenvalue weighted by molar-refractivity contribution is 5.94. The summed E-state index contributed by atoms with van der Waals surface area (Å²) in [7, 11) is 0. The van der Waals surface area contributed by atoms with Crippen LogP contribution in [-0.4, -0.2) is 53.7 Å². The van der Waals surface area contributed by atoms with Crippen molar-refractivity contribution in [2.45, 2.75) is 26.4 Å². The number of rotatable bonds is 2. The number of carbonyl (C=O) groups is 2. The van der Waals surface area contributed by atoms with Gasteiger partial charge in [0.25, 0.3) is 5.91 Å². The van der Waals surface area contributed by atoms with E-state index in [1.54, 1.807) is 37.8 Å². The molecule has 0 atom stereocenters. The molecule has 1 saturated heterocycles. The predicted molar refractivity (Wildman–Crippen MR) is 76.1 cm³/mol. The zero-order chi connectivity index (χ0) is 15.5. The van der Waals surface area contributed by atoms with Gasteiger partial charge < -0.3 is 14.4 Å². The molecule has 2 heterocycles. The number of pyridine rings is 1. The third-order valence-electron chi connectivity index (χ3n) is 2.92. The van der Waals surface area contributed by atoms with Gasteiger partial charge in [-0.05, 0) is 32.9 Å². The highest BCUT2D eigenvalue weighted by Gasteiger charge is 2.21. The standard InChI is InChI=1S/C15H20N2O4/c1-15(2,3)21-14(19)11-4-5-12(16-10-11)13(18)17-6-8-20-9-7-17/h4-5,10H,6-9H2,1-3H3. The summed E-state index contributed by atoms with van der Waals surface area (Å²) < 4.78 is 10.5. The van der Waals surface area contributed by atoms with Crippen LogP contribution in [0.15, 0.2) is 18.3 Å². The average Bonchev–Trinajstić information content (AvgIpc) is 2.46. The first-order valence-electron chi connectivity index (χ1n) is 6.93. The summed E-state index contributed by atoms with van der Waals surface area (Å²) in [5.74, 6) is -0.589. The molecule has 0 saturated carbocycles. The Morgan fingerprint density at radius 3 is 2.43 bits per heavy atom. The van der Waals surface area contributed by atoms with Crippen molar-refractivity contribution in [3.05, 3.63) is 29.6 Å². The molecule has 1 aromatic heterocycles. The van der Waals surface area contributed by atoms with Gasteiger partial charge in [0.1, 0.15) is 11.3 Å². The SMILES string of the molecule is CC(C)(C)OC(=O)c1ccc(C(=O)N2CCOCC2)nc1. The molecule has 1 aromatic rings. The van der Waals surface area contributed by atoms with Crippen molar-refractivity contribution >= 4 is 11.9 Å². The molecular formula is C15H20N2O4. The van der Waals surface area contributed by atoms with Crippen molar-refractivity contribution in [3.63, 3.8) is 0 Å². The topological polar surface area (TPSA) is 68.7 Å². The van der Waals surface area contributed by atoms with Crippen LogP contribution in [0.1, 0.15) is 41.6 Å². The van der Waals surface area contributed by atoms with E-state index in [0.717, 1.165) is 0 Å². The van der Waals surface area contributed by atoms with E-state index in [1.807, 2.05) is 0 Å². The molecule has 6 heteroatoms. The fourth-order valence-electron chi connectivity index (χ4n) is 1.91. The number of hydrogen-bond donors (Lipinski definition) is 0. The molecule has 0 aromatic carbocycles. The Morgan fingerprint density at radius 2 is 1.90 bits per heavy atom. The number of esters is 1. The molecule has 1 aliphatic heterocycles. The van der Waals surface area contributed by atoms with Gasteiger partial charge in [0.05, 0.1) is 18.8 Å². The minimum Gasteiger partial charge on any atom is -0.456 e. The van der Waals surface area contributed by atoms with Gasteiger partial charge in [-0.3, -0.25) is 9.78 Å². The number of aromatic nitrogens is 1. The third-order valence-corrected chi connectivity index (χ3v) is 2.92. The number of ether oxygens (including phenoxy) is 2. The number of morpholine rings is 1. The molecule has 2 rings (SSSR count). The van der Waals surface area contributed by atoms with E-state index in [0.29, 0.717) is 37.6 Å². The summed E-state index contributed by atoms with van der Waals surface area (Å²) in [5.41, 5.74) is 0.104. The van der Waals surface area contributed by atoms with Crippen LogP contribution in [0.4, 0.5) is 0 Å². The maximum atomic E-state index is 12.2. The van der Waals surface area contributed by atoms with E-state index in [9.17, 15) is 9.59 Å². The van der Waals surface area contributed by atoms with Crippen LogP contribution in [0.3, 0.4) is 0 Å². The molecule has 0 spiro atoms. The van der Waals surface area contributed by atoms with Crippen molar-refractivity contribution in [2.75, 3.05) is 26.3 Å². The van der Waals surface area contributed by atoms with Gasteiger partial charge in [0.2, 0.25) is 0 Å². The van der Waals surface area contributed by atoms with E-state index < -0.39 is 11.6 Å². The molecule has 1 fully saturated rings. The van der Waals surface area contributed by atoms with E-state index in [1.165, 1.54) is 6.20 Å². The van der Waals surface area contributed by atoms with Crippen molar-refractivity contribution < 1.29 is 19.1 Å². The molecular weight excluding hydrogens is 272 g/mol. The molecule has 0 radical (unpaired) electrons. The molecule has 6 nitrogen and oxygen atoms in total. The van der Waals surface area contributed by atoms with Crippen molar-refractivity contribution in [2.24, 2.45) is 0 Å². The number of carbonyl (C=O) groups excluding carboxylic acids is 2. The fourth-order valence-corrected chi connectivity index (χ4v) is 1.91. The Bertz CT molecular complexity index is 513. The van der Waals surface area contributed by atoms with Gasteiger partial charge in [-0.25, -0.2) is 4.79 Å². The quantitative estimate of drug-likeness (QED) is 0.773. The van der Waals surface area contributed by atoms with Crippen molar-refractivity contribution in [3.8, 4) is 0 Å². The van der Waals surface area contributed by atoms with Crippen LogP contribution in [0.25, 0.3) is 0 Å². The lowest BCUT2D eigenvalue weighted by Gasteiger charge is -2.26. The maximum Gasteiger partial charge on any atom is 0.340 e. The van der Waals surface area contributed by atoms with Gasteiger partial charge in [0.15, 0.2) is 0 Å². The average molecular weight is 292 g/mol. The number of hydrogen-bond acceptors (Lipinski definition) is 5. The Hall–Kier alpha value is -1.95. The van der Waals surface area contributed by atoms with E-state index in [-0.39, 0.29) is 5.91 Å². The zero-order valence-electron chi connectivity index (χ0n) is 12.6. The van der Waals surface area contributed by atoms with Crippen LogP contribution >= 0.6 is 0 Å². The van der Waals surface area contributed by atoms with Crippen LogP contribution in [0, 0.1) is 0 Å². The summed E-state index contributed by atoms with van der Waals surface area (Å²) in [5, 5.41) is 0. The Labute approximate surface area is 124 Å². The van der Waals surface area contributed by atoms with Gasteiger partial charge in [-0.1, -0.05) is 0 Å². The van der Waals surface area contributed by atoms with Crippen LogP contribution < -0.4 is 0 Å². The molecule has 1 amide bonds. The maximum absolute atomic E-state index is 12.2. The Balaban J connectivity index is 2.04. The molecule has 0 aliphatic carbocycles. The molecule has 21 heavy (non-hydrogen) atoms. The van der Waals surface area contributed by atoms with Gasteiger partial charge >= 0.3 is 5.97 Å². The highest BCUT2D eigenvalue weighted by Crippen LogP contribution is 2.12. The molecule has 1 aliphatic rings. The lowest BCUT2D eigenvalue weighted by atomic mass is 10.2. The number of nitrogens with zero attached hydrogens (tertiary/aromatic N) is 2. The smallest absolute Gasteiger partial charge is 0.340 e. The monoisotopic (exact) mass is 292 g/mol. The van der Waals surface area contributed by atoms with Gasteiger partial charge in [0, 0.05) is 19.3 Å². The molecule has 0 bridgehead atoms. The first-order valence-corrected chi connectivity index (χ1v) is 6.93. The lowest BCUT2D eigenvalue weighted by molar-refractivity contribution is 0.00686. The molecule has 114 valence electrons. The minimum atomic E-state index is -0.556. The van der Waals surface area contributed by atoms with Crippen molar-refractivity contribution in [1.82, 2.24) is 9.88 Å². The zero-order valence-corrected chi connectivity index (χ0v) is 12.6. The summed E-state index contributed by atoms with van der Waals surface area (Å²) in [6, 6.07) is 3.12. The summed E-state index contributed by atoms with van der Waals surface area (Å²) in [4.78, 5) is 29.8. The van der Waals surface area contributed by atoms with E-state index in [2.05, 4.69) is 4.98 Å². The van der Waals surface area contributed by atoms with Crippen molar-refractivity contribution in [1.29, 1.82) is 0 Å². The lowest BCUT2D eigenvalue weighted by Crippen LogP contribution is -2.41. The normalized spacial score (nSPS) is 15.7. The van der Waals surface area contributed by atoms with Gasteiger partial charge in [-0.2, -0.15) is 0 Å². The first kappa shape index (κ1) is 15.4. The first-order chi connectivity index (χ1) is 9.87. The third kappa shape index (κ3) is 4.26. The second-order valence-corrected chi connectivity index (χ2v) is 5.84. The minimum absolute atomic E-state index is 0.144. The second-order valence-electron chi connectivity index (χ2n) is 5.84. The summed E-state index contributed by atoms with van der Waals surface area (Å²) in [6.07, 6.45) is 1.38. The largest absolute Gasteiger partial charge is 0.456 e. The summed E-state index contributed by atoms with van der Waals surface area (Å²) >= 11 is 0. The highest BCUT2D eigenvalue weighted by atomic mass is 16.6. The van der Waals surface area contributed by atoms with Crippen LogP contribution in [0.2, 0.25) is 0 Å². The van der Waals surface area contributed by atoms with Crippen LogP contribution in [0.5, 0.6) is 0 Å². The van der Waals surface area contributed by atoms with Gasteiger partial charge in [-0.15, -0.1) is 0 Å². The van der Waals surface area contributed by atoms with E-state index >= 15 is 0 Å².